The first-order valence-electron chi connectivity index (χ1n) is 7.76. The second-order valence-electron chi connectivity index (χ2n) is 5.51. The zero-order valence-electron chi connectivity index (χ0n) is 14.2. The van der Waals surface area contributed by atoms with Gasteiger partial charge in [0.05, 0.1) is 24.8 Å². The highest BCUT2D eigenvalue weighted by Gasteiger charge is 2.17. The molecule has 0 N–H and O–H groups in total. The molecule has 0 unspecified atom stereocenters. The highest BCUT2D eigenvalue weighted by molar-refractivity contribution is 6.35. The van der Waals surface area contributed by atoms with Crippen molar-refractivity contribution in [3.05, 3.63) is 46.9 Å². The minimum absolute atomic E-state index is 0.571. The fraction of sp³-hybridized carbons (Fsp3) is 0.263. The van der Waals surface area contributed by atoms with Crippen LogP contribution in [0.15, 0.2) is 30.5 Å². The SMILES string of the molecule is CCc1ncc2cc(-c3c(C)c(OC)cc(OC)c3Cl)ccc2n1. The standard InChI is InChI=1S/C19H19ClN2O2/c1-5-17-21-10-13-8-12(6-7-14(13)22-17)18-11(2)15(23-3)9-16(24-4)19(18)20/h6-10H,5H2,1-4H3. The first-order valence-corrected chi connectivity index (χ1v) is 8.14. The molecular weight excluding hydrogens is 324 g/mol. The van der Waals surface area contributed by atoms with Gasteiger partial charge in [0.1, 0.15) is 17.3 Å². The number of nitrogens with zero attached hydrogens (tertiary/aromatic N) is 2. The minimum Gasteiger partial charge on any atom is -0.496 e. The molecule has 0 aliphatic rings. The van der Waals surface area contributed by atoms with E-state index in [1.54, 1.807) is 20.3 Å². The molecule has 2 aromatic carbocycles. The van der Waals surface area contributed by atoms with Crippen molar-refractivity contribution in [1.82, 2.24) is 9.97 Å². The van der Waals surface area contributed by atoms with Gasteiger partial charge in [-0.2, -0.15) is 0 Å². The van der Waals surface area contributed by atoms with Crippen molar-refractivity contribution >= 4 is 22.5 Å². The van der Waals surface area contributed by atoms with Crippen LogP contribution >= 0.6 is 11.6 Å². The predicted octanol–water partition coefficient (Wildman–Crippen LogP) is 4.84. The van der Waals surface area contributed by atoms with Crippen LogP contribution in [0, 0.1) is 6.92 Å². The quantitative estimate of drug-likeness (QED) is 0.680. The molecule has 1 heterocycles. The number of aryl methyl sites for hydroxylation is 1. The maximum absolute atomic E-state index is 6.56. The number of hydrogen-bond donors (Lipinski definition) is 0. The molecule has 0 atom stereocenters. The van der Waals surface area contributed by atoms with E-state index in [0.717, 1.165) is 45.6 Å². The van der Waals surface area contributed by atoms with Gasteiger partial charge in [0, 0.05) is 35.2 Å². The third-order valence-corrected chi connectivity index (χ3v) is 4.49. The molecule has 0 fully saturated rings. The Labute approximate surface area is 146 Å². The Morgan fingerprint density at radius 2 is 1.83 bits per heavy atom. The van der Waals surface area contributed by atoms with Crippen LogP contribution in [0.25, 0.3) is 22.0 Å². The van der Waals surface area contributed by atoms with E-state index in [4.69, 9.17) is 21.1 Å². The van der Waals surface area contributed by atoms with E-state index >= 15 is 0 Å². The molecule has 0 aliphatic heterocycles. The van der Waals surface area contributed by atoms with Crippen molar-refractivity contribution < 1.29 is 9.47 Å². The van der Waals surface area contributed by atoms with E-state index in [-0.39, 0.29) is 0 Å². The number of halogens is 1. The highest BCUT2D eigenvalue weighted by Crippen LogP contribution is 2.43. The van der Waals surface area contributed by atoms with Crippen molar-refractivity contribution in [2.75, 3.05) is 14.2 Å². The first kappa shape index (κ1) is 16.5. The van der Waals surface area contributed by atoms with Crippen LogP contribution < -0.4 is 9.47 Å². The smallest absolute Gasteiger partial charge is 0.141 e. The van der Waals surface area contributed by atoms with Crippen molar-refractivity contribution in [3.63, 3.8) is 0 Å². The molecule has 1 aromatic heterocycles. The summed E-state index contributed by atoms with van der Waals surface area (Å²) in [5.74, 6) is 2.17. The monoisotopic (exact) mass is 342 g/mol. The third-order valence-electron chi connectivity index (χ3n) is 4.12. The summed E-state index contributed by atoms with van der Waals surface area (Å²) in [6, 6.07) is 7.86. The van der Waals surface area contributed by atoms with Crippen molar-refractivity contribution in [3.8, 4) is 22.6 Å². The molecule has 0 bridgehead atoms. The van der Waals surface area contributed by atoms with Gasteiger partial charge in [0.25, 0.3) is 0 Å². The Kier molecular flexibility index (Phi) is 4.58. The van der Waals surface area contributed by atoms with Crippen LogP contribution in [0.5, 0.6) is 11.5 Å². The van der Waals surface area contributed by atoms with Gasteiger partial charge in [-0.1, -0.05) is 24.6 Å². The largest absolute Gasteiger partial charge is 0.496 e. The Balaban J connectivity index is 2.23. The molecule has 5 heteroatoms. The number of ether oxygens (including phenoxy) is 2. The minimum atomic E-state index is 0.571. The van der Waals surface area contributed by atoms with Gasteiger partial charge in [0.15, 0.2) is 0 Å². The van der Waals surface area contributed by atoms with Crippen LogP contribution in [-0.4, -0.2) is 24.2 Å². The summed E-state index contributed by atoms with van der Waals surface area (Å²) in [7, 11) is 3.24. The van der Waals surface area contributed by atoms with Crippen molar-refractivity contribution in [2.45, 2.75) is 20.3 Å². The van der Waals surface area contributed by atoms with Crippen LogP contribution in [0.2, 0.25) is 5.02 Å². The Bertz CT molecular complexity index is 881. The van der Waals surface area contributed by atoms with E-state index in [2.05, 4.69) is 9.97 Å². The molecule has 24 heavy (non-hydrogen) atoms. The number of benzene rings is 2. The molecule has 124 valence electrons. The lowest BCUT2D eigenvalue weighted by Crippen LogP contribution is -1.96. The summed E-state index contributed by atoms with van der Waals surface area (Å²) in [6.45, 7) is 4.03. The van der Waals surface area contributed by atoms with Gasteiger partial charge < -0.3 is 9.47 Å². The van der Waals surface area contributed by atoms with E-state index < -0.39 is 0 Å². The summed E-state index contributed by atoms with van der Waals surface area (Å²) in [5, 5.41) is 1.54. The average Bonchev–Trinajstić information content (AvgIpc) is 2.61. The zero-order valence-corrected chi connectivity index (χ0v) is 14.9. The maximum atomic E-state index is 6.56. The number of rotatable bonds is 4. The summed E-state index contributed by atoms with van der Waals surface area (Å²) in [4.78, 5) is 8.93. The number of aromatic nitrogens is 2. The second kappa shape index (κ2) is 6.65. The predicted molar refractivity (Wildman–Crippen MR) is 97.2 cm³/mol. The molecular formula is C19H19ClN2O2. The van der Waals surface area contributed by atoms with Gasteiger partial charge in [-0.15, -0.1) is 0 Å². The Hall–Kier alpha value is -2.33. The Morgan fingerprint density at radius 1 is 1.08 bits per heavy atom. The van der Waals surface area contributed by atoms with E-state index in [9.17, 15) is 0 Å². The fourth-order valence-electron chi connectivity index (χ4n) is 2.80. The van der Waals surface area contributed by atoms with Gasteiger partial charge in [-0.05, 0) is 24.6 Å². The average molecular weight is 343 g/mol. The molecule has 0 radical (unpaired) electrons. The fourth-order valence-corrected chi connectivity index (χ4v) is 3.19. The summed E-state index contributed by atoms with van der Waals surface area (Å²) in [5.41, 5.74) is 3.77. The summed E-state index contributed by atoms with van der Waals surface area (Å²) in [6.07, 6.45) is 2.67. The lowest BCUT2D eigenvalue weighted by Gasteiger charge is -2.16. The summed E-state index contributed by atoms with van der Waals surface area (Å²) >= 11 is 6.56. The molecule has 0 aliphatic carbocycles. The lowest BCUT2D eigenvalue weighted by atomic mass is 9.98. The van der Waals surface area contributed by atoms with Gasteiger partial charge in [-0.25, -0.2) is 9.97 Å². The number of fused-ring (bicyclic) bond motifs is 1. The lowest BCUT2D eigenvalue weighted by molar-refractivity contribution is 0.393. The molecule has 3 rings (SSSR count). The van der Waals surface area contributed by atoms with Gasteiger partial charge in [-0.3, -0.25) is 0 Å². The summed E-state index contributed by atoms with van der Waals surface area (Å²) < 4.78 is 10.8. The maximum Gasteiger partial charge on any atom is 0.141 e. The topological polar surface area (TPSA) is 44.2 Å². The molecule has 4 nitrogen and oxygen atoms in total. The van der Waals surface area contributed by atoms with E-state index in [0.29, 0.717) is 10.8 Å². The van der Waals surface area contributed by atoms with Gasteiger partial charge in [0.2, 0.25) is 0 Å². The van der Waals surface area contributed by atoms with Gasteiger partial charge >= 0.3 is 0 Å². The normalized spacial score (nSPS) is 10.9. The van der Waals surface area contributed by atoms with E-state index in [1.807, 2.05) is 38.2 Å². The third kappa shape index (κ3) is 2.78. The van der Waals surface area contributed by atoms with Crippen LogP contribution in [0.1, 0.15) is 18.3 Å². The van der Waals surface area contributed by atoms with Crippen LogP contribution in [0.4, 0.5) is 0 Å². The molecule has 0 amide bonds. The second-order valence-corrected chi connectivity index (χ2v) is 5.89. The highest BCUT2D eigenvalue weighted by atomic mass is 35.5. The van der Waals surface area contributed by atoms with Crippen molar-refractivity contribution in [1.29, 1.82) is 0 Å². The van der Waals surface area contributed by atoms with E-state index in [1.165, 1.54) is 0 Å². The van der Waals surface area contributed by atoms with Crippen molar-refractivity contribution in [2.24, 2.45) is 0 Å². The molecule has 0 saturated heterocycles. The number of methoxy groups -OCH3 is 2. The molecule has 0 spiro atoms. The molecule has 3 aromatic rings. The zero-order chi connectivity index (χ0) is 17.3. The van der Waals surface area contributed by atoms with Crippen LogP contribution in [0.3, 0.4) is 0 Å². The van der Waals surface area contributed by atoms with Crippen LogP contribution in [-0.2, 0) is 6.42 Å². The first-order chi connectivity index (χ1) is 11.6. The Morgan fingerprint density at radius 3 is 2.50 bits per heavy atom. The number of hydrogen-bond acceptors (Lipinski definition) is 4. The molecule has 0 saturated carbocycles.